The molecule has 2 aromatic heterocycles. The zero-order chi connectivity index (χ0) is 16.0. The average molecular weight is 362 g/mol. The van der Waals surface area contributed by atoms with Crippen LogP contribution in [0.15, 0.2) is 59.3 Å². The van der Waals surface area contributed by atoms with Gasteiger partial charge in [-0.2, -0.15) is 0 Å². The van der Waals surface area contributed by atoms with E-state index in [9.17, 15) is 8.78 Å². The fourth-order valence-corrected chi connectivity index (χ4v) is 7.77. The lowest BCUT2D eigenvalue weighted by atomic mass is 10.3. The van der Waals surface area contributed by atoms with Crippen LogP contribution in [0, 0.1) is 0 Å². The number of fused-ring (bicyclic) bond motifs is 2. The van der Waals surface area contributed by atoms with Gasteiger partial charge < -0.3 is 0 Å². The molecule has 0 N–H and O–H groups in total. The van der Waals surface area contributed by atoms with Crippen molar-refractivity contribution >= 4 is 61.4 Å². The average Bonchev–Trinajstić information content (AvgIpc) is 3.12. The van der Waals surface area contributed by atoms with E-state index in [1.165, 1.54) is 0 Å². The Morgan fingerprint density at radius 3 is 1.65 bits per heavy atom. The zero-order valence-electron chi connectivity index (χ0n) is 12.3. The first-order valence-corrected chi connectivity index (χ1v) is 10.3. The molecule has 4 aromatic rings. The summed E-state index contributed by atoms with van der Waals surface area (Å²) in [5.74, 6) is 0. The standard InChI is InChI=1S/C18H13F2PS2/c1-18(19,20)21(14-10-22-16-8-4-2-6-12(14)16)15-11-23-17-9-5-3-7-13(15)17/h2-11H,1H3. The Morgan fingerprint density at radius 1 is 0.783 bits per heavy atom. The first-order chi connectivity index (χ1) is 11.1. The van der Waals surface area contributed by atoms with Crippen LogP contribution in [-0.2, 0) is 0 Å². The molecule has 0 aliphatic rings. The van der Waals surface area contributed by atoms with Crippen LogP contribution in [0.4, 0.5) is 8.78 Å². The second kappa shape index (κ2) is 5.62. The number of benzene rings is 2. The van der Waals surface area contributed by atoms with Crippen LogP contribution in [0.2, 0.25) is 0 Å². The molecule has 0 amide bonds. The van der Waals surface area contributed by atoms with Gasteiger partial charge in [-0.25, -0.2) is 8.78 Å². The molecule has 23 heavy (non-hydrogen) atoms. The molecule has 0 bridgehead atoms. The van der Waals surface area contributed by atoms with Crippen molar-refractivity contribution in [1.29, 1.82) is 0 Å². The van der Waals surface area contributed by atoms with Crippen LogP contribution in [0.25, 0.3) is 20.2 Å². The second-order valence-electron chi connectivity index (χ2n) is 5.41. The number of halogens is 2. The molecule has 0 radical (unpaired) electrons. The Balaban J connectivity index is 1.99. The number of thiophene rings is 2. The molecule has 0 saturated heterocycles. The van der Waals surface area contributed by atoms with Crippen molar-refractivity contribution in [3.8, 4) is 0 Å². The van der Waals surface area contributed by atoms with Gasteiger partial charge >= 0.3 is 0 Å². The summed E-state index contributed by atoms with van der Waals surface area (Å²) in [6, 6.07) is 15.7. The number of hydrogen-bond acceptors (Lipinski definition) is 2. The van der Waals surface area contributed by atoms with Crippen molar-refractivity contribution in [3.05, 3.63) is 59.3 Å². The van der Waals surface area contributed by atoms with Crippen LogP contribution in [0.1, 0.15) is 6.92 Å². The molecular formula is C18H13F2PS2. The minimum absolute atomic E-state index is 0.789. The van der Waals surface area contributed by atoms with Crippen LogP contribution < -0.4 is 10.6 Å². The highest BCUT2D eigenvalue weighted by Gasteiger charge is 2.39. The topological polar surface area (TPSA) is 0 Å². The lowest BCUT2D eigenvalue weighted by Gasteiger charge is -2.24. The monoisotopic (exact) mass is 362 g/mol. The lowest BCUT2D eigenvalue weighted by Crippen LogP contribution is -2.23. The molecule has 0 atom stereocenters. The third-order valence-electron chi connectivity index (χ3n) is 3.80. The molecule has 0 fully saturated rings. The van der Waals surface area contributed by atoms with Gasteiger partial charge in [0.1, 0.15) is 0 Å². The van der Waals surface area contributed by atoms with Crippen LogP contribution >= 0.6 is 30.6 Å². The highest BCUT2D eigenvalue weighted by atomic mass is 32.1. The SMILES string of the molecule is CC(F)(F)P(c1csc2ccccc12)c1csc2ccccc12. The zero-order valence-corrected chi connectivity index (χ0v) is 14.8. The number of hydrogen-bond donors (Lipinski definition) is 0. The van der Waals surface area contributed by atoms with E-state index < -0.39 is 13.6 Å². The summed E-state index contributed by atoms with van der Waals surface area (Å²) < 4.78 is 31.4. The fourth-order valence-electron chi connectivity index (χ4n) is 2.83. The summed E-state index contributed by atoms with van der Waals surface area (Å²) in [4.78, 5) is 0. The van der Waals surface area contributed by atoms with Crippen LogP contribution in [0.3, 0.4) is 0 Å². The first-order valence-electron chi connectivity index (χ1n) is 7.16. The van der Waals surface area contributed by atoms with E-state index in [4.69, 9.17) is 0 Å². The van der Waals surface area contributed by atoms with Crippen molar-refractivity contribution in [1.82, 2.24) is 0 Å². The Morgan fingerprint density at radius 2 is 1.22 bits per heavy atom. The van der Waals surface area contributed by atoms with Gasteiger partial charge in [-0.05, 0) is 12.1 Å². The van der Waals surface area contributed by atoms with Gasteiger partial charge in [-0.1, -0.05) is 36.4 Å². The van der Waals surface area contributed by atoms with Crippen LogP contribution in [-0.4, -0.2) is 5.66 Å². The van der Waals surface area contributed by atoms with Gasteiger partial charge in [-0.3, -0.25) is 0 Å². The summed E-state index contributed by atoms with van der Waals surface area (Å²) in [7, 11) is -1.73. The molecular weight excluding hydrogens is 349 g/mol. The molecule has 116 valence electrons. The summed E-state index contributed by atoms with van der Waals surface area (Å²) in [6.45, 7) is 1.05. The highest BCUT2D eigenvalue weighted by Crippen LogP contribution is 2.53. The van der Waals surface area contributed by atoms with Gasteiger partial charge in [0.05, 0.1) is 0 Å². The Bertz CT molecular complexity index is 907. The predicted molar refractivity (Wildman–Crippen MR) is 100 cm³/mol. The molecule has 0 nitrogen and oxygen atoms in total. The molecule has 0 spiro atoms. The maximum atomic E-state index is 14.6. The Labute approximate surface area is 142 Å². The molecule has 0 saturated carbocycles. The largest absolute Gasteiger partial charge is 0.270 e. The van der Waals surface area contributed by atoms with Crippen molar-refractivity contribution in [2.24, 2.45) is 0 Å². The maximum Gasteiger partial charge on any atom is 0.270 e. The lowest BCUT2D eigenvalue weighted by molar-refractivity contribution is 0.123. The summed E-state index contributed by atoms with van der Waals surface area (Å²) >= 11 is 3.09. The van der Waals surface area contributed by atoms with E-state index in [0.29, 0.717) is 0 Å². The maximum absolute atomic E-state index is 14.6. The Hall–Kier alpha value is -1.35. The quantitative estimate of drug-likeness (QED) is 0.383. The summed E-state index contributed by atoms with van der Waals surface area (Å²) in [6.07, 6.45) is 0. The van der Waals surface area contributed by atoms with E-state index in [1.54, 1.807) is 22.7 Å². The van der Waals surface area contributed by atoms with E-state index in [0.717, 1.165) is 37.7 Å². The number of rotatable bonds is 3. The molecule has 5 heteroatoms. The minimum atomic E-state index is -2.76. The van der Waals surface area contributed by atoms with E-state index in [1.807, 2.05) is 59.3 Å². The highest BCUT2D eigenvalue weighted by molar-refractivity contribution is 7.75. The van der Waals surface area contributed by atoms with Gasteiger partial charge in [0.2, 0.25) is 0 Å². The second-order valence-corrected chi connectivity index (χ2v) is 9.65. The van der Waals surface area contributed by atoms with Crippen LogP contribution in [0.5, 0.6) is 0 Å². The number of alkyl halides is 2. The van der Waals surface area contributed by atoms with E-state index in [2.05, 4.69) is 0 Å². The molecule has 2 aromatic carbocycles. The third kappa shape index (κ3) is 2.59. The summed E-state index contributed by atoms with van der Waals surface area (Å²) in [5, 5.41) is 7.33. The van der Waals surface area contributed by atoms with Crippen molar-refractivity contribution < 1.29 is 8.78 Å². The fraction of sp³-hybridized carbons (Fsp3) is 0.111. The minimum Gasteiger partial charge on any atom is -0.201 e. The van der Waals surface area contributed by atoms with Crippen molar-refractivity contribution in [2.75, 3.05) is 0 Å². The first kappa shape index (κ1) is 15.2. The molecule has 4 rings (SSSR count). The van der Waals surface area contributed by atoms with E-state index >= 15 is 0 Å². The van der Waals surface area contributed by atoms with Gasteiger partial charge in [0.15, 0.2) is 0 Å². The van der Waals surface area contributed by atoms with Crippen molar-refractivity contribution in [2.45, 2.75) is 12.6 Å². The normalized spacial score (nSPS) is 12.5. The van der Waals surface area contributed by atoms with Crippen molar-refractivity contribution in [3.63, 3.8) is 0 Å². The Kier molecular flexibility index (Phi) is 3.72. The van der Waals surface area contributed by atoms with Gasteiger partial charge in [-0.15, -0.1) is 22.7 Å². The smallest absolute Gasteiger partial charge is 0.201 e. The molecule has 0 aliphatic carbocycles. The molecule has 0 aliphatic heterocycles. The third-order valence-corrected chi connectivity index (χ3v) is 8.56. The summed E-state index contributed by atoms with van der Waals surface area (Å²) in [5.41, 5.74) is -2.76. The van der Waals surface area contributed by atoms with Gasteiger partial charge in [0, 0.05) is 56.4 Å². The molecule has 2 heterocycles. The molecule has 0 unspecified atom stereocenters. The van der Waals surface area contributed by atoms with Gasteiger partial charge in [0.25, 0.3) is 5.66 Å². The van der Waals surface area contributed by atoms with E-state index in [-0.39, 0.29) is 0 Å². The predicted octanol–water partition coefficient (Wildman–Crippen LogP) is 6.16.